The summed E-state index contributed by atoms with van der Waals surface area (Å²) in [6.07, 6.45) is 5.29. The first kappa shape index (κ1) is 19.6. The number of fused-ring (bicyclic) bond motifs is 5. The number of methoxy groups -OCH3 is 1. The minimum Gasteiger partial charge on any atom is -0.492 e. The van der Waals surface area contributed by atoms with E-state index in [1.807, 2.05) is 6.07 Å². The fourth-order valence-electron chi connectivity index (χ4n) is 4.05. The van der Waals surface area contributed by atoms with Crippen molar-refractivity contribution in [2.45, 2.75) is 32.7 Å². The van der Waals surface area contributed by atoms with Gasteiger partial charge in [0.1, 0.15) is 0 Å². The van der Waals surface area contributed by atoms with Gasteiger partial charge < -0.3 is 18.9 Å². The van der Waals surface area contributed by atoms with Gasteiger partial charge in [0.25, 0.3) is 0 Å². The van der Waals surface area contributed by atoms with Gasteiger partial charge in [-0.15, -0.1) is 12.4 Å². The lowest BCUT2D eigenvalue weighted by Gasteiger charge is -2.17. The normalized spacial score (nSPS) is 13.4. The van der Waals surface area contributed by atoms with E-state index < -0.39 is 0 Å². The maximum atomic E-state index is 5.96. The quantitative estimate of drug-likeness (QED) is 0.448. The fourth-order valence-corrected chi connectivity index (χ4v) is 4.05. The summed E-state index contributed by atoms with van der Waals surface area (Å²) >= 11 is 0. The Kier molecular flexibility index (Phi) is 5.41. The highest BCUT2D eigenvalue weighted by molar-refractivity contribution is 5.91. The van der Waals surface area contributed by atoms with Crippen LogP contribution < -0.4 is 23.5 Å². The summed E-state index contributed by atoms with van der Waals surface area (Å²) in [7, 11) is 1.71. The number of aromatic nitrogens is 1. The van der Waals surface area contributed by atoms with Crippen LogP contribution in [0.2, 0.25) is 0 Å². The molecule has 0 aliphatic carbocycles. The van der Waals surface area contributed by atoms with Crippen LogP contribution in [0.5, 0.6) is 23.0 Å². The van der Waals surface area contributed by atoms with Gasteiger partial charge in [0.05, 0.1) is 24.7 Å². The van der Waals surface area contributed by atoms with Crippen molar-refractivity contribution in [3.63, 3.8) is 0 Å². The van der Waals surface area contributed by atoms with Gasteiger partial charge in [0.2, 0.25) is 12.5 Å². The van der Waals surface area contributed by atoms with Gasteiger partial charge in [-0.05, 0) is 41.6 Å². The molecular weight excluding hydrogens is 390 g/mol. The largest absolute Gasteiger partial charge is 0.492 e. The van der Waals surface area contributed by atoms with Crippen molar-refractivity contribution in [1.29, 1.82) is 0 Å². The maximum Gasteiger partial charge on any atom is 0.231 e. The molecule has 29 heavy (non-hydrogen) atoms. The Balaban J connectivity index is 0.00000205. The molecule has 1 aromatic heterocycles. The lowest BCUT2D eigenvalue weighted by atomic mass is 9.95. The summed E-state index contributed by atoms with van der Waals surface area (Å²) in [5, 5.41) is 2.21. The SMILES string of the molecule is CCCCOc1ccc2cc3[n+](cc2c1OC)CCc1cc2c(cc1-3)OCO2.Cl. The Bertz CT molecular complexity index is 1070. The average molecular weight is 415 g/mol. The lowest BCUT2D eigenvalue weighted by Crippen LogP contribution is -2.40. The summed E-state index contributed by atoms with van der Waals surface area (Å²) in [4.78, 5) is 0. The summed E-state index contributed by atoms with van der Waals surface area (Å²) in [6, 6.07) is 10.6. The number of benzene rings is 2. The summed E-state index contributed by atoms with van der Waals surface area (Å²) < 4.78 is 25.1. The van der Waals surface area contributed by atoms with Crippen LogP contribution in [0.4, 0.5) is 0 Å². The van der Waals surface area contributed by atoms with Crippen molar-refractivity contribution in [2.75, 3.05) is 20.5 Å². The molecule has 152 valence electrons. The van der Waals surface area contributed by atoms with Gasteiger partial charge in [0.15, 0.2) is 35.7 Å². The molecule has 0 spiro atoms. The number of hydrogen-bond acceptors (Lipinski definition) is 4. The summed E-state index contributed by atoms with van der Waals surface area (Å²) in [5.74, 6) is 3.29. The van der Waals surface area contributed by atoms with Crippen molar-refractivity contribution in [3.8, 4) is 34.3 Å². The van der Waals surface area contributed by atoms with E-state index in [0.29, 0.717) is 13.4 Å². The van der Waals surface area contributed by atoms with E-state index in [9.17, 15) is 0 Å². The van der Waals surface area contributed by atoms with Crippen LogP contribution in [-0.4, -0.2) is 20.5 Å². The molecule has 0 N–H and O–H groups in total. The smallest absolute Gasteiger partial charge is 0.231 e. The second-order valence-corrected chi connectivity index (χ2v) is 7.27. The number of unbranched alkanes of at least 4 members (excludes halogenated alkanes) is 1. The van der Waals surface area contributed by atoms with E-state index in [4.69, 9.17) is 18.9 Å². The van der Waals surface area contributed by atoms with Gasteiger partial charge in [-0.2, -0.15) is 4.57 Å². The van der Waals surface area contributed by atoms with E-state index in [2.05, 4.69) is 42.0 Å². The molecule has 0 unspecified atom stereocenters. The van der Waals surface area contributed by atoms with E-state index in [1.54, 1.807) is 7.11 Å². The molecule has 3 heterocycles. The Labute approximate surface area is 176 Å². The molecule has 5 rings (SSSR count). The van der Waals surface area contributed by atoms with Crippen LogP contribution in [-0.2, 0) is 13.0 Å². The van der Waals surface area contributed by atoms with Crippen LogP contribution in [0.15, 0.2) is 36.5 Å². The molecule has 2 aliphatic heterocycles. The Morgan fingerprint density at radius 1 is 1.10 bits per heavy atom. The number of nitrogens with zero attached hydrogens (tertiary/aromatic N) is 1. The zero-order valence-electron chi connectivity index (χ0n) is 16.7. The van der Waals surface area contributed by atoms with Crippen LogP contribution in [0.25, 0.3) is 22.0 Å². The molecule has 0 atom stereocenters. The minimum atomic E-state index is 0. The third-order valence-corrected chi connectivity index (χ3v) is 5.54. The van der Waals surface area contributed by atoms with E-state index in [0.717, 1.165) is 59.6 Å². The van der Waals surface area contributed by atoms with Crippen molar-refractivity contribution in [3.05, 3.63) is 42.1 Å². The van der Waals surface area contributed by atoms with Gasteiger partial charge in [-0.1, -0.05) is 13.3 Å². The van der Waals surface area contributed by atoms with Crippen molar-refractivity contribution in [1.82, 2.24) is 0 Å². The molecule has 0 saturated heterocycles. The fraction of sp³-hybridized carbons (Fsp3) is 0.348. The first-order valence-electron chi connectivity index (χ1n) is 9.88. The molecule has 2 aliphatic rings. The lowest BCUT2D eigenvalue weighted by molar-refractivity contribution is -0.686. The second kappa shape index (κ2) is 7.99. The van der Waals surface area contributed by atoms with Gasteiger partial charge in [0, 0.05) is 12.5 Å². The molecule has 0 bridgehead atoms. The number of ether oxygens (including phenoxy) is 4. The standard InChI is InChI=1S/C23H24NO4.ClH/c1-3-4-9-26-20-6-5-15-10-19-17-12-22-21(27-14-28-22)11-16(17)7-8-24(19)13-18(15)23(20)25-2;/h5-6,10-13H,3-4,7-9,14H2,1-2H3;1H/q+1;. The molecule has 3 aromatic rings. The zero-order valence-corrected chi connectivity index (χ0v) is 17.5. The number of halogens is 1. The van der Waals surface area contributed by atoms with Crippen LogP contribution in [0, 0.1) is 0 Å². The highest BCUT2D eigenvalue weighted by Crippen LogP contribution is 2.41. The summed E-state index contributed by atoms with van der Waals surface area (Å²) in [5.41, 5.74) is 3.70. The van der Waals surface area contributed by atoms with E-state index >= 15 is 0 Å². The first-order valence-corrected chi connectivity index (χ1v) is 9.88. The van der Waals surface area contributed by atoms with Gasteiger partial charge in [-0.25, -0.2) is 0 Å². The highest BCUT2D eigenvalue weighted by Gasteiger charge is 2.28. The topological polar surface area (TPSA) is 40.8 Å². The van der Waals surface area contributed by atoms with Gasteiger partial charge in [-0.3, -0.25) is 0 Å². The molecule has 0 amide bonds. The monoisotopic (exact) mass is 414 g/mol. The number of aryl methyl sites for hydroxylation is 2. The van der Waals surface area contributed by atoms with Crippen molar-refractivity contribution < 1.29 is 23.5 Å². The van der Waals surface area contributed by atoms with Crippen LogP contribution >= 0.6 is 12.4 Å². The van der Waals surface area contributed by atoms with Crippen LogP contribution in [0.3, 0.4) is 0 Å². The predicted molar refractivity (Wildman–Crippen MR) is 114 cm³/mol. The third kappa shape index (κ3) is 3.33. The number of rotatable bonds is 5. The Morgan fingerprint density at radius 2 is 1.93 bits per heavy atom. The average Bonchev–Trinajstić information content (AvgIpc) is 3.18. The van der Waals surface area contributed by atoms with Crippen LogP contribution in [0.1, 0.15) is 25.3 Å². The maximum absolute atomic E-state index is 5.96. The van der Waals surface area contributed by atoms with Crippen molar-refractivity contribution >= 4 is 23.2 Å². The van der Waals surface area contributed by atoms with Crippen molar-refractivity contribution in [2.24, 2.45) is 0 Å². The molecule has 2 aromatic carbocycles. The minimum absolute atomic E-state index is 0. The molecule has 0 radical (unpaired) electrons. The molecule has 5 nitrogen and oxygen atoms in total. The zero-order chi connectivity index (χ0) is 19.1. The number of hydrogen-bond donors (Lipinski definition) is 0. The molecule has 0 fully saturated rings. The molecular formula is C23H25ClNO4+. The number of pyridine rings is 1. The molecule has 6 heteroatoms. The third-order valence-electron chi connectivity index (χ3n) is 5.54. The first-order chi connectivity index (χ1) is 13.8. The van der Waals surface area contributed by atoms with E-state index in [-0.39, 0.29) is 12.4 Å². The van der Waals surface area contributed by atoms with E-state index in [1.165, 1.54) is 16.8 Å². The summed E-state index contributed by atoms with van der Waals surface area (Å²) in [6.45, 7) is 4.08. The Morgan fingerprint density at radius 3 is 2.72 bits per heavy atom. The second-order valence-electron chi connectivity index (χ2n) is 7.27. The van der Waals surface area contributed by atoms with Gasteiger partial charge >= 0.3 is 0 Å². The predicted octanol–water partition coefficient (Wildman–Crippen LogP) is 4.69. The Hall–Kier alpha value is -2.66. The highest BCUT2D eigenvalue weighted by atomic mass is 35.5. The molecule has 0 saturated carbocycles.